The van der Waals surface area contributed by atoms with E-state index in [1.165, 1.54) is 6.33 Å². The number of nitro groups is 1. The zero-order chi connectivity index (χ0) is 18.8. The van der Waals surface area contributed by atoms with E-state index in [0.29, 0.717) is 5.69 Å². The molecule has 0 atom stereocenters. The molecule has 2 N–H and O–H groups in total. The second-order valence-corrected chi connectivity index (χ2v) is 5.07. The van der Waals surface area contributed by atoms with Crippen molar-refractivity contribution < 1.29 is 4.92 Å². The summed E-state index contributed by atoms with van der Waals surface area (Å²) in [6.07, 6.45) is 1.50. The fourth-order valence-electron chi connectivity index (χ4n) is 2.21. The minimum Gasteiger partial charge on any atom is -0.349 e. The lowest BCUT2D eigenvalue weighted by molar-refractivity contribution is -0.383. The standard InChI is InChI=1S/C16H16N8O2/c17-8-4-10-23(11-5-9-18)16-14(24(25)26)15(19-12-20-16)22-21-13-6-2-1-3-7-13/h1-3,6-7,12,21H,4-5,10-11H2,(H,19,20,22). The molecule has 1 aromatic carbocycles. The summed E-state index contributed by atoms with van der Waals surface area (Å²) in [6, 6.07) is 13.0. The molecule has 2 aromatic rings. The van der Waals surface area contributed by atoms with Gasteiger partial charge in [0, 0.05) is 13.1 Å². The van der Waals surface area contributed by atoms with Crippen LogP contribution in [0.4, 0.5) is 23.0 Å². The number of nitrogens with zero attached hydrogens (tertiary/aromatic N) is 6. The van der Waals surface area contributed by atoms with Gasteiger partial charge in [-0.3, -0.25) is 21.0 Å². The average Bonchev–Trinajstić information content (AvgIpc) is 2.67. The van der Waals surface area contributed by atoms with E-state index in [9.17, 15) is 10.1 Å². The van der Waals surface area contributed by atoms with Crippen LogP contribution in [0.15, 0.2) is 36.7 Å². The van der Waals surface area contributed by atoms with Crippen LogP contribution in [0.1, 0.15) is 12.8 Å². The second-order valence-electron chi connectivity index (χ2n) is 5.07. The SMILES string of the molecule is N#CCCN(CCC#N)c1ncnc(NNc2ccccc2)c1[N+](=O)[O-]. The molecule has 26 heavy (non-hydrogen) atoms. The molecule has 0 aliphatic rings. The van der Waals surface area contributed by atoms with Gasteiger partial charge in [-0.2, -0.15) is 10.5 Å². The number of hydrogen-bond acceptors (Lipinski definition) is 9. The van der Waals surface area contributed by atoms with Gasteiger partial charge in [0.1, 0.15) is 6.33 Å². The fraction of sp³-hybridized carbons (Fsp3) is 0.250. The van der Waals surface area contributed by atoms with E-state index in [1.807, 2.05) is 30.3 Å². The van der Waals surface area contributed by atoms with Gasteiger partial charge in [0.25, 0.3) is 0 Å². The lowest BCUT2D eigenvalue weighted by Gasteiger charge is -2.21. The number of hydrogen-bond donors (Lipinski definition) is 2. The monoisotopic (exact) mass is 352 g/mol. The van der Waals surface area contributed by atoms with E-state index < -0.39 is 4.92 Å². The van der Waals surface area contributed by atoms with Gasteiger partial charge in [0.15, 0.2) is 0 Å². The van der Waals surface area contributed by atoms with Gasteiger partial charge in [0.2, 0.25) is 11.6 Å². The highest BCUT2D eigenvalue weighted by Crippen LogP contribution is 2.32. The van der Waals surface area contributed by atoms with Gasteiger partial charge in [-0.25, -0.2) is 9.97 Å². The Hall–Kier alpha value is -3.92. The molecule has 0 unspecified atom stereocenters. The van der Waals surface area contributed by atoms with Crippen LogP contribution in [-0.2, 0) is 0 Å². The molecule has 1 heterocycles. The zero-order valence-corrected chi connectivity index (χ0v) is 13.8. The van der Waals surface area contributed by atoms with Crippen LogP contribution in [0.2, 0.25) is 0 Å². The number of benzene rings is 1. The summed E-state index contributed by atoms with van der Waals surface area (Å²) in [5, 5.41) is 29.2. The number of para-hydroxylation sites is 1. The van der Waals surface area contributed by atoms with Crippen molar-refractivity contribution in [2.24, 2.45) is 0 Å². The molecule has 1 aromatic heterocycles. The van der Waals surface area contributed by atoms with Gasteiger partial charge < -0.3 is 4.90 Å². The Labute approximate surface area is 149 Å². The molecule has 0 aliphatic carbocycles. The normalized spacial score (nSPS) is 9.62. The Balaban J connectivity index is 2.32. The number of nitriles is 2. The summed E-state index contributed by atoms with van der Waals surface area (Å²) in [7, 11) is 0. The minimum atomic E-state index is -0.587. The van der Waals surface area contributed by atoms with E-state index in [2.05, 4.69) is 20.8 Å². The molecule has 0 saturated carbocycles. The van der Waals surface area contributed by atoms with Gasteiger partial charge in [-0.05, 0) is 12.1 Å². The molecule has 0 bridgehead atoms. The molecule has 132 valence electrons. The largest absolute Gasteiger partial charge is 0.355 e. The first-order chi connectivity index (χ1) is 12.7. The topological polar surface area (TPSA) is 144 Å². The van der Waals surface area contributed by atoms with E-state index in [4.69, 9.17) is 10.5 Å². The van der Waals surface area contributed by atoms with Gasteiger partial charge in [-0.1, -0.05) is 18.2 Å². The van der Waals surface area contributed by atoms with Crippen LogP contribution < -0.4 is 15.8 Å². The highest BCUT2D eigenvalue weighted by molar-refractivity contribution is 5.71. The van der Waals surface area contributed by atoms with Crippen molar-refractivity contribution in [2.75, 3.05) is 28.8 Å². The van der Waals surface area contributed by atoms with Gasteiger partial charge >= 0.3 is 5.69 Å². The van der Waals surface area contributed by atoms with E-state index in [1.54, 1.807) is 17.0 Å². The lowest BCUT2D eigenvalue weighted by atomic mass is 10.3. The molecule has 0 spiro atoms. The Morgan fingerprint density at radius 3 is 2.31 bits per heavy atom. The molecule has 2 rings (SSSR count). The molecular formula is C16H16N8O2. The molecule has 0 amide bonds. The number of aromatic nitrogens is 2. The van der Waals surface area contributed by atoms with E-state index >= 15 is 0 Å². The first-order valence-electron chi connectivity index (χ1n) is 7.72. The van der Waals surface area contributed by atoms with Crippen molar-refractivity contribution >= 4 is 23.0 Å². The molecule has 0 fully saturated rings. The van der Waals surface area contributed by atoms with Crippen LogP contribution in [0.3, 0.4) is 0 Å². The molecule has 0 saturated heterocycles. The van der Waals surface area contributed by atoms with Crippen LogP contribution in [0.5, 0.6) is 0 Å². The maximum absolute atomic E-state index is 11.6. The Kier molecular flexibility index (Phi) is 6.65. The number of anilines is 3. The van der Waals surface area contributed by atoms with Crippen molar-refractivity contribution in [2.45, 2.75) is 12.8 Å². The molecule has 10 nitrogen and oxygen atoms in total. The summed E-state index contributed by atoms with van der Waals surface area (Å²) in [6.45, 7) is 0.448. The second kappa shape index (κ2) is 9.39. The number of rotatable bonds is 9. The van der Waals surface area contributed by atoms with Crippen molar-refractivity contribution in [3.8, 4) is 12.1 Å². The van der Waals surface area contributed by atoms with Crippen LogP contribution >= 0.6 is 0 Å². The summed E-state index contributed by atoms with van der Waals surface area (Å²) in [4.78, 5) is 20.5. The molecular weight excluding hydrogens is 336 g/mol. The van der Waals surface area contributed by atoms with Crippen LogP contribution in [0.25, 0.3) is 0 Å². The number of hydrazine groups is 1. The Morgan fingerprint density at radius 2 is 1.73 bits per heavy atom. The third-order valence-electron chi connectivity index (χ3n) is 3.37. The van der Waals surface area contributed by atoms with Gasteiger partial charge in [-0.15, -0.1) is 0 Å². The van der Waals surface area contributed by atoms with Crippen LogP contribution in [-0.4, -0.2) is 28.0 Å². The van der Waals surface area contributed by atoms with Crippen LogP contribution in [0, 0.1) is 32.8 Å². The average molecular weight is 352 g/mol. The van der Waals surface area contributed by atoms with Crippen molar-refractivity contribution in [3.05, 3.63) is 46.8 Å². The van der Waals surface area contributed by atoms with Gasteiger partial charge in [0.05, 0.1) is 35.6 Å². The predicted molar refractivity (Wildman–Crippen MR) is 95.0 cm³/mol. The molecule has 10 heteroatoms. The molecule has 0 radical (unpaired) electrons. The lowest BCUT2D eigenvalue weighted by Crippen LogP contribution is -2.28. The third kappa shape index (κ3) is 4.79. The van der Waals surface area contributed by atoms with Crippen molar-refractivity contribution in [1.82, 2.24) is 9.97 Å². The quantitative estimate of drug-likeness (QED) is 0.513. The summed E-state index contributed by atoms with van der Waals surface area (Å²) in [5.74, 6) is 0.0515. The first kappa shape index (κ1) is 18.4. The smallest absolute Gasteiger partial charge is 0.349 e. The summed E-state index contributed by atoms with van der Waals surface area (Å²) in [5.41, 5.74) is 5.93. The number of nitrogens with one attached hydrogen (secondary N) is 2. The predicted octanol–water partition coefficient (Wildman–Crippen LogP) is 2.46. The Bertz CT molecular complexity index is 810. The third-order valence-corrected chi connectivity index (χ3v) is 3.37. The highest BCUT2D eigenvalue weighted by atomic mass is 16.6. The van der Waals surface area contributed by atoms with E-state index in [0.717, 1.165) is 0 Å². The summed E-state index contributed by atoms with van der Waals surface area (Å²) >= 11 is 0. The summed E-state index contributed by atoms with van der Waals surface area (Å²) < 4.78 is 0. The van der Waals surface area contributed by atoms with E-state index in [-0.39, 0.29) is 43.3 Å². The van der Waals surface area contributed by atoms with Crippen molar-refractivity contribution in [1.29, 1.82) is 10.5 Å². The first-order valence-corrected chi connectivity index (χ1v) is 7.72. The highest BCUT2D eigenvalue weighted by Gasteiger charge is 2.27. The fourth-order valence-corrected chi connectivity index (χ4v) is 2.21. The minimum absolute atomic E-state index is 0.0113. The molecule has 0 aliphatic heterocycles. The maximum atomic E-state index is 11.6. The van der Waals surface area contributed by atoms with Crippen molar-refractivity contribution in [3.63, 3.8) is 0 Å². The maximum Gasteiger partial charge on any atom is 0.355 e. The Morgan fingerprint density at radius 1 is 1.08 bits per heavy atom. The zero-order valence-electron chi connectivity index (χ0n) is 13.8.